The van der Waals surface area contributed by atoms with E-state index >= 15 is 0 Å². The van der Waals surface area contributed by atoms with E-state index in [9.17, 15) is 9.59 Å². The third-order valence-electron chi connectivity index (χ3n) is 4.31. The Bertz CT molecular complexity index is 417. The minimum Gasteiger partial charge on any atom is -0.360 e. The molecule has 3 N–H and O–H groups in total. The third kappa shape index (κ3) is 11.5. The van der Waals surface area contributed by atoms with Crippen LogP contribution in [0.3, 0.4) is 0 Å². The fourth-order valence-corrected chi connectivity index (χ4v) is 3.86. The van der Waals surface area contributed by atoms with E-state index in [1.165, 1.54) is 64.9 Å². The average molecular weight is 421 g/mol. The van der Waals surface area contributed by atoms with Crippen LogP contribution in [0.2, 0.25) is 0 Å². The van der Waals surface area contributed by atoms with E-state index in [2.05, 4.69) is 22.6 Å². The Morgan fingerprint density at radius 3 is 1.86 bits per heavy atom. The first-order valence-electron chi connectivity index (χ1n) is 10.3. The third-order valence-corrected chi connectivity index (χ3v) is 6.44. The Morgan fingerprint density at radius 1 is 0.821 bits per heavy atom. The Hall–Kier alpha value is -1.36. The van der Waals surface area contributed by atoms with E-state index in [0.717, 1.165) is 12.8 Å². The molecule has 10 heteroatoms. The SMILES string of the molecule is CCCCCCCCCCNC(=O)NN(CCC)C(=O)N[Si](OC)(OC)OC. The van der Waals surface area contributed by atoms with E-state index in [0.29, 0.717) is 19.5 Å². The summed E-state index contributed by atoms with van der Waals surface area (Å²) >= 11 is 0. The summed E-state index contributed by atoms with van der Waals surface area (Å²) in [7, 11) is 0.900. The van der Waals surface area contributed by atoms with Crippen molar-refractivity contribution in [3.8, 4) is 0 Å². The Labute approximate surface area is 171 Å². The van der Waals surface area contributed by atoms with Crippen LogP contribution in [0.1, 0.15) is 71.6 Å². The molecule has 28 heavy (non-hydrogen) atoms. The molecule has 0 unspecified atom stereocenters. The second-order valence-electron chi connectivity index (χ2n) is 6.59. The Kier molecular flexibility index (Phi) is 15.8. The number of nitrogens with one attached hydrogen (secondary N) is 3. The van der Waals surface area contributed by atoms with Gasteiger partial charge in [-0.2, -0.15) is 0 Å². The van der Waals surface area contributed by atoms with Gasteiger partial charge in [0.15, 0.2) is 0 Å². The van der Waals surface area contributed by atoms with Gasteiger partial charge >= 0.3 is 21.0 Å². The Balaban J connectivity index is 4.20. The lowest BCUT2D eigenvalue weighted by Crippen LogP contribution is -2.64. The molecule has 0 atom stereocenters. The van der Waals surface area contributed by atoms with Gasteiger partial charge in [-0.1, -0.05) is 58.8 Å². The molecule has 9 nitrogen and oxygen atoms in total. The molecular weight excluding hydrogens is 380 g/mol. The van der Waals surface area contributed by atoms with E-state index in [1.54, 1.807) is 0 Å². The van der Waals surface area contributed by atoms with E-state index in [-0.39, 0.29) is 0 Å². The molecule has 0 radical (unpaired) electrons. The summed E-state index contributed by atoms with van der Waals surface area (Å²) in [6.45, 7) is 5.05. The minimum atomic E-state index is -3.29. The lowest BCUT2D eigenvalue weighted by molar-refractivity contribution is 0.105. The van der Waals surface area contributed by atoms with Gasteiger partial charge in [0, 0.05) is 34.4 Å². The number of nitrogens with zero attached hydrogens (tertiary/aromatic N) is 1. The molecule has 0 fully saturated rings. The van der Waals surface area contributed by atoms with E-state index < -0.39 is 21.0 Å². The quantitative estimate of drug-likeness (QED) is 0.215. The van der Waals surface area contributed by atoms with Gasteiger partial charge in [-0.3, -0.25) is 4.98 Å². The molecule has 0 heterocycles. The van der Waals surface area contributed by atoms with Crippen molar-refractivity contribution in [2.75, 3.05) is 34.4 Å². The molecule has 0 spiro atoms. The van der Waals surface area contributed by atoms with Gasteiger partial charge in [0.1, 0.15) is 0 Å². The first-order valence-corrected chi connectivity index (χ1v) is 12.0. The van der Waals surface area contributed by atoms with Gasteiger partial charge in [-0.25, -0.2) is 20.0 Å². The summed E-state index contributed by atoms with van der Waals surface area (Å²) < 4.78 is 15.5. The van der Waals surface area contributed by atoms with Crippen molar-refractivity contribution in [1.29, 1.82) is 0 Å². The highest BCUT2D eigenvalue weighted by atomic mass is 28.4. The van der Waals surface area contributed by atoms with Crippen LogP contribution in [-0.4, -0.2) is 60.5 Å². The molecule has 0 aliphatic carbocycles. The van der Waals surface area contributed by atoms with Gasteiger partial charge < -0.3 is 18.6 Å². The molecule has 0 saturated heterocycles. The first-order chi connectivity index (χ1) is 13.5. The lowest BCUT2D eigenvalue weighted by Gasteiger charge is -2.29. The molecule has 0 aromatic heterocycles. The van der Waals surface area contributed by atoms with Crippen LogP contribution in [0.4, 0.5) is 9.59 Å². The van der Waals surface area contributed by atoms with Crippen LogP contribution >= 0.6 is 0 Å². The van der Waals surface area contributed by atoms with E-state index in [4.69, 9.17) is 13.3 Å². The summed E-state index contributed by atoms with van der Waals surface area (Å²) in [6.07, 6.45) is 10.3. The zero-order valence-corrected chi connectivity index (χ0v) is 19.3. The number of amides is 4. The number of carbonyl (C=O) groups excluding carboxylic acids is 2. The fraction of sp³-hybridized carbons (Fsp3) is 0.889. The number of urea groups is 2. The van der Waals surface area contributed by atoms with Crippen molar-refractivity contribution in [3.63, 3.8) is 0 Å². The molecule has 0 rings (SSSR count). The topological polar surface area (TPSA) is 101 Å². The molecular formula is C18H40N4O5Si. The predicted octanol–water partition coefficient (Wildman–Crippen LogP) is 3.14. The monoisotopic (exact) mass is 420 g/mol. The van der Waals surface area contributed by atoms with Gasteiger partial charge in [0.2, 0.25) is 0 Å². The maximum Gasteiger partial charge on any atom is 0.634 e. The highest BCUT2D eigenvalue weighted by molar-refractivity contribution is 6.60. The van der Waals surface area contributed by atoms with Gasteiger partial charge in [-0.15, -0.1) is 0 Å². The van der Waals surface area contributed by atoms with Crippen LogP contribution in [0.15, 0.2) is 0 Å². The number of hydrazine groups is 1. The largest absolute Gasteiger partial charge is 0.634 e. The lowest BCUT2D eigenvalue weighted by atomic mass is 10.1. The highest BCUT2D eigenvalue weighted by Crippen LogP contribution is 2.08. The molecule has 0 aromatic carbocycles. The first kappa shape index (κ1) is 26.6. The summed E-state index contributed by atoms with van der Waals surface area (Å²) in [5, 5.41) is 3.98. The fourth-order valence-electron chi connectivity index (χ4n) is 2.66. The zero-order chi connectivity index (χ0) is 21.3. The van der Waals surface area contributed by atoms with Crippen LogP contribution in [-0.2, 0) is 13.3 Å². The van der Waals surface area contributed by atoms with Crippen molar-refractivity contribution < 1.29 is 22.9 Å². The smallest absolute Gasteiger partial charge is 0.360 e. The van der Waals surface area contributed by atoms with Gasteiger partial charge in [-0.05, 0) is 12.8 Å². The average Bonchev–Trinajstić information content (AvgIpc) is 2.70. The normalized spacial score (nSPS) is 11.2. The number of unbranched alkanes of at least 4 members (excludes halogenated alkanes) is 7. The molecule has 0 aliphatic rings. The van der Waals surface area contributed by atoms with Crippen molar-refractivity contribution in [2.45, 2.75) is 71.6 Å². The summed E-state index contributed by atoms with van der Waals surface area (Å²) in [4.78, 5) is 27.1. The molecule has 0 aliphatic heterocycles. The van der Waals surface area contributed by atoms with Crippen LogP contribution < -0.4 is 15.7 Å². The molecule has 4 amide bonds. The highest BCUT2D eigenvalue weighted by Gasteiger charge is 2.43. The Morgan fingerprint density at radius 2 is 1.36 bits per heavy atom. The van der Waals surface area contributed by atoms with Crippen LogP contribution in [0.25, 0.3) is 0 Å². The minimum absolute atomic E-state index is 0.346. The maximum atomic E-state index is 12.5. The summed E-state index contributed by atoms with van der Waals surface area (Å²) in [5.41, 5.74) is 2.56. The van der Waals surface area contributed by atoms with Crippen molar-refractivity contribution in [2.24, 2.45) is 0 Å². The summed E-state index contributed by atoms with van der Waals surface area (Å²) in [6, 6.07) is -0.952. The van der Waals surface area contributed by atoms with Crippen molar-refractivity contribution in [3.05, 3.63) is 0 Å². The standard InChI is InChI=1S/C18H40N4O5Si/c1-6-8-9-10-11-12-13-14-15-19-17(23)20-22(16-7-2)18(24)21-28(25-3,26-4)27-5/h6-16H2,1-5H3,(H,21,24)(H2,19,20,23). The number of carbonyl (C=O) groups is 2. The predicted molar refractivity (Wildman–Crippen MR) is 111 cm³/mol. The van der Waals surface area contributed by atoms with Crippen molar-refractivity contribution >= 4 is 21.0 Å². The maximum absolute atomic E-state index is 12.5. The van der Waals surface area contributed by atoms with Crippen LogP contribution in [0.5, 0.6) is 0 Å². The number of hydrogen-bond donors (Lipinski definition) is 3. The van der Waals surface area contributed by atoms with Gasteiger partial charge in [0.25, 0.3) is 0 Å². The van der Waals surface area contributed by atoms with Crippen molar-refractivity contribution in [1.82, 2.24) is 20.7 Å². The zero-order valence-electron chi connectivity index (χ0n) is 18.3. The van der Waals surface area contributed by atoms with Crippen LogP contribution in [0, 0.1) is 0 Å². The molecule has 0 aromatic rings. The van der Waals surface area contributed by atoms with E-state index in [1.807, 2.05) is 6.92 Å². The number of hydrogen-bond acceptors (Lipinski definition) is 5. The van der Waals surface area contributed by atoms with Gasteiger partial charge in [0.05, 0.1) is 0 Å². The number of rotatable bonds is 15. The second kappa shape index (κ2) is 16.6. The molecule has 166 valence electrons. The summed E-state index contributed by atoms with van der Waals surface area (Å²) in [5.74, 6) is 0. The molecule has 0 bridgehead atoms. The molecule has 0 saturated carbocycles. The second-order valence-corrected chi connectivity index (χ2v) is 9.18.